The Labute approximate surface area is 87.9 Å². The van der Waals surface area contributed by atoms with Crippen LogP contribution in [0.3, 0.4) is 0 Å². The van der Waals surface area contributed by atoms with Gasteiger partial charge in [-0.2, -0.15) is 0 Å². The predicted octanol–water partition coefficient (Wildman–Crippen LogP) is 2.59. The van der Waals surface area contributed by atoms with Gasteiger partial charge in [-0.3, -0.25) is 0 Å². The average molecular weight is 199 g/mol. The molecule has 0 spiro atoms. The SMILES string of the molecule is NCCCCCC1(O)CCCCCC1. The number of hydrogen-bond donors (Lipinski definition) is 2. The van der Waals surface area contributed by atoms with Gasteiger partial charge in [-0.15, -0.1) is 0 Å². The Hall–Kier alpha value is -0.0800. The zero-order valence-electron chi connectivity index (χ0n) is 9.30. The molecule has 0 radical (unpaired) electrons. The van der Waals surface area contributed by atoms with E-state index < -0.39 is 0 Å². The minimum absolute atomic E-state index is 0.328. The van der Waals surface area contributed by atoms with E-state index in [0.717, 1.165) is 38.6 Å². The smallest absolute Gasteiger partial charge is 0.0647 e. The molecule has 0 saturated heterocycles. The van der Waals surface area contributed by atoms with E-state index in [1.807, 2.05) is 0 Å². The number of rotatable bonds is 5. The first-order valence-corrected chi connectivity index (χ1v) is 6.19. The maximum Gasteiger partial charge on any atom is 0.0647 e. The number of aliphatic hydroxyl groups is 1. The highest BCUT2D eigenvalue weighted by molar-refractivity contribution is 4.80. The third-order valence-corrected chi connectivity index (χ3v) is 3.38. The second-order valence-electron chi connectivity index (χ2n) is 4.74. The van der Waals surface area contributed by atoms with Gasteiger partial charge >= 0.3 is 0 Å². The molecule has 0 bridgehead atoms. The van der Waals surface area contributed by atoms with E-state index in [0.29, 0.717) is 0 Å². The van der Waals surface area contributed by atoms with Crippen LogP contribution >= 0.6 is 0 Å². The second-order valence-corrected chi connectivity index (χ2v) is 4.74. The zero-order chi connectivity index (χ0) is 10.3. The highest BCUT2D eigenvalue weighted by Crippen LogP contribution is 2.31. The van der Waals surface area contributed by atoms with Crippen LogP contribution in [0.2, 0.25) is 0 Å². The number of nitrogens with two attached hydrogens (primary N) is 1. The first-order valence-electron chi connectivity index (χ1n) is 6.19. The van der Waals surface area contributed by atoms with E-state index >= 15 is 0 Å². The molecule has 1 fully saturated rings. The standard InChI is InChI=1S/C12H25NO/c13-11-7-3-6-10-12(14)8-4-1-2-5-9-12/h14H,1-11,13H2. The number of hydrogen-bond acceptors (Lipinski definition) is 2. The molecule has 0 aromatic carbocycles. The van der Waals surface area contributed by atoms with Gasteiger partial charge in [0.25, 0.3) is 0 Å². The molecule has 0 heterocycles. The first kappa shape index (κ1) is 12.0. The molecule has 84 valence electrons. The summed E-state index contributed by atoms with van der Waals surface area (Å²) in [7, 11) is 0. The van der Waals surface area contributed by atoms with Crippen LogP contribution in [-0.2, 0) is 0 Å². The molecule has 0 unspecified atom stereocenters. The van der Waals surface area contributed by atoms with Gasteiger partial charge in [0.1, 0.15) is 0 Å². The molecule has 0 aromatic heterocycles. The van der Waals surface area contributed by atoms with E-state index in [1.54, 1.807) is 0 Å². The van der Waals surface area contributed by atoms with Crippen molar-refractivity contribution >= 4 is 0 Å². The predicted molar refractivity (Wildman–Crippen MR) is 60.2 cm³/mol. The second kappa shape index (κ2) is 6.41. The summed E-state index contributed by atoms with van der Waals surface area (Å²) in [4.78, 5) is 0. The largest absolute Gasteiger partial charge is 0.390 e. The number of unbranched alkanes of at least 4 members (excludes halogenated alkanes) is 2. The fourth-order valence-corrected chi connectivity index (χ4v) is 2.41. The van der Waals surface area contributed by atoms with Crippen molar-refractivity contribution in [1.29, 1.82) is 0 Å². The summed E-state index contributed by atoms with van der Waals surface area (Å²) in [6, 6.07) is 0. The van der Waals surface area contributed by atoms with Crippen molar-refractivity contribution in [1.82, 2.24) is 0 Å². The summed E-state index contributed by atoms with van der Waals surface area (Å²) in [5, 5.41) is 10.3. The summed E-state index contributed by atoms with van der Waals surface area (Å²) < 4.78 is 0. The molecule has 0 aliphatic heterocycles. The van der Waals surface area contributed by atoms with Crippen molar-refractivity contribution in [2.24, 2.45) is 5.73 Å². The third kappa shape index (κ3) is 4.43. The molecule has 1 saturated carbocycles. The Morgan fingerprint density at radius 3 is 2.14 bits per heavy atom. The summed E-state index contributed by atoms with van der Waals surface area (Å²) in [5.41, 5.74) is 5.11. The van der Waals surface area contributed by atoms with Crippen molar-refractivity contribution < 1.29 is 5.11 Å². The van der Waals surface area contributed by atoms with Gasteiger partial charge in [-0.25, -0.2) is 0 Å². The van der Waals surface area contributed by atoms with Crippen LogP contribution in [0.25, 0.3) is 0 Å². The van der Waals surface area contributed by atoms with Crippen molar-refractivity contribution in [3.63, 3.8) is 0 Å². The van der Waals surface area contributed by atoms with Crippen molar-refractivity contribution in [3.05, 3.63) is 0 Å². The maximum absolute atomic E-state index is 10.3. The van der Waals surface area contributed by atoms with Crippen LogP contribution in [0.1, 0.15) is 64.2 Å². The monoisotopic (exact) mass is 199 g/mol. The van der Waals surface area contributed by atoms with E-state index in [2.05, 4.69) is 0 Å². The molecule has 0 aromatic rings. The molecule has 1 aliphatic carbocycles. The van der Waals surface area contributed by atoms with E-state index in [-0.39, 0.29) is 5.60 Å². The molecule has 0 atom stereocenters. The van der Waals surface area contributed by atoms with Crippen LogP contribution < -0.4 is 5.73 Å². The highest BCUT2D eigenvalue weighted by atomic mass is 16.3. The minimum Gasteiger partial charge on any atom is -0.390 e. The van der Waals surface area contributed by atoms with Crippen LogP contribution in [0.15, 0.2) is 0 Å². The highest BCUT2D eigenvalue weighted by Gasteiger charge is 2.26. The van der Waals surface area contributed by atoms with E-state index in [9.17, 15) is 5.11 Å². The molecule has 2 nitrogen and oxygen atoms in total. The third-order valence-electron chi connectivity index (χ3n) is 3.38. The Morgan fingerprint density at radius 1 is 0.929 bits per heavy atom. The Bertz CT molecular complexity index is 139. The van der Waals surface area contributed by atoms with Gasteiger partial charge in [0.15, 0.2) is 0 Å². The fourth-order valence-electron chi connectivity index (χ4n) is 2.41. The van der Waals surface area contributed by atoms with Crippen LogP contribution in [0, 0.1) is 0 Å². The lowest BCUT2D eigenvalue weighted by molar-refractivity contribution is 0.0141. The molecule has 14 heavy (non-hydrogen) atoms. The lowest BCUT2D eigenvalue weighted by Gasteiger charge is -2.26. The molecule has 1 rings (SSSR count). The topological polar surface area (TPSA) is 46.2 Å². The van der Waals surface area contributed by atoms with Gasteiger partial charge in [0, 0.05) is 0 Å². The first-order chi connectivity index (χ1) is 6.77. The summed E-state index contributed by atoms with van der Waals surface area (Å²) in [5.74, 6) is 0. The minimum atomic E-state index is -0.328. The molecule has 1 aliphatic rings. The summed E-state index contributed by atoms with van der Waals surface area (Å²) in [6.45, 7) is 0.790. The quantitative estimate of drug-likeness (QED) is 0.528. The zero-order valence-corrected chi connectivity index (χ0v) is 9.30. The van der Waals surface area contributed by atoms with Gasteiger partial charge in [0.05, 0.1) is 5.60 Å². The van der Waals surface area contributed by atoms with Crippen LogP contribution in [0.4, 0.5) is 0 Å². The molecule has 0 amide bonds. The van der Waals surface area contributed by atoms with Crippen LogP contribution in [0.5, 0.6) is 0 Å². The van der Waals surface area contributed by atoms with Gasteiger partial charge in [0.2, 0.25) is 0 Å². The lowest BCUT2D eigenvalue weighted by Crippen LogP contribution is -2.27. The van der Waals surface area contributed by atoms with Gasteiger partial charge in [-0.1, -0.05) is 38.5 Å². The Balaban J connectivity index is 2.17. The summed E-state index contributed by atoms with van der Waals surface area (Å²) >= 11 is 0. The average Bonchev–Trinajstić information content (AvgIpc) is 2.39. The molecule has 2 heteroatoms. The van der Waals surface area contributed by atoms with Crippen molar-refractivity contribution in [2.75, 3.05) is 6.54 Å². The maximum atomic E-state index is 10.3. The van der Waals surface area contributed by atoms with Gasteiger partial charge in [-0.05, 0) is 32.2 Å². The molecule has 3 N–H and O–H groups in total. The van der Waals surface area contributed by atoms with Crippen molar-refractivity contribution in [3.8, 4) is 0 Å². The summed E-state index contributed by atoms with van der Waals surface area (Å²) in [6.07, 6.45) is 11.5. The normalized spacial score (nSPS) is 21.9. The van der Waals surface area contributed by atoms with E-state index in [4.69, 9.17) is 5.73 Å². The lowest BCUT2D eigenvalue weighted by atomic mass is 9.88. The Kier molecular flexibility index (Phi) is 5.49. The molecular weight excluding hydrogens is 174 g/mol. The fraction of sp³-hybridized carbons (Fsp3) is 1.00. The van der Waals surface area contributed by atoms with Gasteiger partial charge < -0.3 is 10.8 Å². The van der Waals surface area contributed by atoms with E-state index in [1.165, 1.54) is 32.1 Å². The van der Waals surface area contributed by atoms with Crippen LogP contribution in [-0.4, -0.2) is 17.3 Å². The van der Waals surface area contributed by atoms with Crippen molar-refractivity contribution in [2.45, 2.75) is 69.8 Å². The Morgan fingerprint density at radius 2 is 1.57 bits per heavy atom. The molecular formula is C12H25NO.